The third-order valence-corrected chi connectivity index (χ3v) is 8.91. The Kier molecular flexibility index (Phi) is 10.7. The molecule has 4 aromatic carbocycles. The van der Waals surface area contributed by atoms with Crippen LogP contribution in [0.25, 0.3) is 0 Å². The SMILES string of the molecule is CCCNC(=O)[C@H](Cc1ccccc1)N(Cc1ccccc1)C(=O)CN(c1cc(C)cc(C)c1)S(=O)(=O)c1ccccc1. The molecule has 0 heterocycles. The maximum atomic E-state index is 14.4. The van der Waals surface area contributed by atoms with Crippen LogP contribution in [0.4, 0.5) is 5.69 Å². The highest BCUT2D eigenvalue weighted by Crippen LogP contribution is 2.27. The van der Waals surface area contributed by atoms with Crippen molar-refractivity contribution in [1.82, 2.24) is 10.2 Å². The van der Waals surface area contributed by atoms with Crippen LogP contribution in [-0.4, -0.2) is 44.3 Å². The molecular weight excluding hydrogens is 558 g/mol. The third kappa shape index (κ3) is 8.32. The zero-order valence-electron chi connectivity index (χ0n) is 24.9. The number of sulfonamides is 1. The van der Waals surface area contributed by atoms with E-state index in [0.29, 0.717) is 12.2 Å². The third-order valence-electron chi connectivity index (χ3n) is 7.12. The van der Waals surface area contributed by atoms with E-state index >= 15 is 0 Å². The van der Waals surface area contributed by atoms with Crippen LogP contribution in [-0.2, 0) is 32.6 Å². The topological polar surface area (TPSA) is 86.8 Å². The van der Waals surface area contributed by atoms with Crippen molar-refractivity contribution >= 4 is 27.5 Å². The van der Waals surface area contributed by atoms with Crippen molar-refractivity contribution in [2.75, 3.05) is 17.4 Å². The molecule has 8 heteroatoms. The van der Waals surface area contributed by atoms with E-state index in [0.717, 1.165) is 33.0 Å². The molecule has 0 aliphatic heterocycles. The van der Waals surface area contributed by atoms with E-state index in [9.17, 15) is 18.0 Å². The molecule has 1 atom stereocenters. The summed E-state index contributed by atoms with van der Waals surface area (Å²) in [4.78, 5) is 29.7. The fraction of sp³-hybridized carbons (Fsp3) is 0.257. The van der Waals surface area contributed by atoms with Crippen molar-refractivity contribution in [3.63, 3.8) is 0 Å². The van der Waals surface area contributed by atoms with E-state index in [-0.39, 0.29) is 23.8 Å². The van der Waals surface area contributed by atoms with E-state index in [1.54, 1.807) is 30.3 Å². The van der Waals surface area contributed by atoms with Gasteiger partial charge in [-0.25, -0.2) is 8.42 Å². The predicted octanol–water partition coefficient (Wildman–Crippen LogP) is 5.67. The Balaban J connectivity index is 1.80. The first-order valence-electron chi connectivity index (χ1n) is 14.5. The monoisotopic (exact) mass is 597 g/mol. The summed E-state index contributed by atoms with van der Waals surface area (Å²) in [5, 5.41) is 2.97. The number of rotatable bonds is 13. The molecule has 0 saturated carbocycles. The van der Waals surface area contributed by atoms with Gasteiger partial charge in [-0.05, 0) is 66.8 Å². The lowest BCUT2D eigenvalue weighted by atomic mass is 10.0. The minimum Gasteiger partial charge on any atom is -0.354 e. The van der Waals surface area contributed by atoms with Crippen molar-refractivity contribution in [2.24, 2.45) is 0 Å². The zero-order chi connectivity index (χ0) is 30.8. The summed E-state index contributed by atoms with van der Waals surface area (Å²) in [5.74, 6) is -0.756. The molecule has 1 N–H and O–H groups in total. The predicted molar refractivity (Wildman–Crippen MR) is 171 cm³/mol. The average molecular weight is 598 g/mol. The summed E-state index contributed by atoms with van der Waals surface area (Å²) in [6.07, 6.45) is 1.02. The number of anilines is 1. The molecule has 43 heavy (non-hydrogen) atoms. The molecule has 0 radical (unpaired) electrons. The van der Waals surface area contributed by atoms with Gasteiger partial charge in [-0.2, -0.15) is 0 Å². The summed E-state index contributed by atoms with van der Waals surface area (Å²) in [5.41, 5.74) is 3.87. The highest BCUT2D eigenvalue weighted by molar-refractivity contribution is 7.92. The number of aryl methyl sites for hydroxylation is 2. The van der Waals surface area contributed by atoms with Gasteiger partial charge in [0.15, 0.2) is 0 Å². The average Bonchev–Trinajstić information content (AvgIpc) is 3.01. The zero-order valence-corrected chi connectivity index (χ0v) is 25.8. The van der Waals surface area contributed by atoms with Gasteiger partial charge in [0.25, 0.3) is 10.0 Å². The Labute approximate surface area is 255 Å². The van der Waals surface area contributed by atoms with Crippen molar-refractivity contribution in [3.05, 3.63) is 131 Å². The number of nitrogens with one attached hydrogen (secondary N) is 1. The summed E-state index contributed by atoms with van der Waals surface area (Å²) in [6.45, 7) is 5.88. The van der Waals surface area contributed by atoms with E-state index in [1.807, 2.05) is 87.5 Å². The molecule has 0 unspecified atom stereocenters. The quantitative estimate of drug-likeness (QED) is 0.215. The van der Waals surface area contributed by atoms with Gasteiger partial charge in [-0.15, -0.1) is 0 Å². The van der Waals surface area contributed by atoms with Crippen LogP contribution in [0.5, 0.6) is 0 Å². The molecule has 0 aliphatic carbocycles. The first-order chi connectivity index (χ1) is 20.7. The minimum absolute atomic E-state index is 0.0816. The van der Waals surface area contributed by atoms with Gasteiger partial charge < -0.3 is 10.2 Å². The van der Waals surface area contributed by atoms with E-state index in [1.165, 1.54) is 17.0 Å². The van der Waals surface area contributed by atoms with Crippen molar-refractivity contribution < 1.29 is 18.0 Å². The second-order valence-electron chi connectivity index (χ2n) is 10.7. The van der Waals surface area contributed by atoms with Gasteiger partial charge in [-0.1, -0.05) is 91.9 Å². The highest BCUT2D eigenvalue weighted by Gasteiger charge is 2.34. The van der Waals surface area contributed by atoms with Crippen LogP contribution in [0.3, 0.4) is 0 Å². The van der Waals surface area contributed by atoms with Gasteiger partial charge >= 0.3 is 0 Å². The number of carbonyl (C=O) groups is 2. The smallest absolute Gasteiger partial charge is 0.264 e. The normalized spacial score (nSPS) is 11.9. The number of hydrogen-bond donors (Lipinski definition) is 1. The molecule has 0 spiro atoms. The summed E-state index contributed by atoms with van der Waals surface area (Å²) in [6, 6.07) is 31.7. The molecule has 2 amide bonds. The van der Waals surface area contributed by atoms with Crippen molar-refractivity contribution in [3.8, 4) is 0 Å². The Hall–Kier alpha value is -4.43. The molecule has 224 valence electrons. The van der Waals surface area contributed by atoms with Gasteiger partial charge in [0, 0.05) is 19.5 Å². The maximum Gasteiger partial charge on any atom is 0.264 e. The largest absolute Gasteiger partial charge is 0.354 e. The first kappa shape index (κ1) is 31.5. The van der Waals surface area contributed by atoms with Crippen molar-refractivity contribution in [2.45, 2.75) is 51.1 Å². The van der Waals surface area contributed by atoms with Crippen molar-refractivity contribution in [1.29, 1.82) is 0 Å². The van der Waals surface area contributed by atoms with Crippen LogP contribution >= 0.6 is 0 Å². The second-order valence-corrected chi connectivity index (χ2v) is 12.5. The van der Waals surface area contributed by atoms with Crippen LogP contribution in [0.2, 0.25) is 0 Å². The molecule has 0 bridgehead atoms. The molecule has 7 nitrogen and oxygen atoms in total. The fourth-order valence-electron chi connectivity index (χ4n) is 5.04. The fourth-order valence-corrected chi connectivity index (χ4v) is 6.46. The Morgan fingerprint density at radius 3 is 1.86 bits per heavy atom. The van der Waals surface area contributed by atoms with E-state index in [2.05, 4.69) is 5.32 Å². The highest BCUT2D eigenvalue weighted by atomic mass is 32.2. The number of hydrogen-bond acceptors (Lipinski definition) is 4. The first-order valence-corrected chi connectivity index (χ1v) is 15.9. The van der Waals surface area contributed by atoms with Crippen LogP contribution in [0, 0.1) is 13.8 Å². The minimum atomic E-state index is -4.12. The summed E-state index contributed by atoms with van der Waals surface area (Å²) < 4.78 is 29.3. The lowest BCUT2D eigenvalue weighted by Crippen LogP contribution is -2.53. The van der Waals surface area contributed by atoms with Gasteiger partial charge in [0.05, 0.1) is 10.6 Å². The molecule has 0 aliphatic rings. The Bertz CT molecular complexity index is 1590. The molecule has 4 rings (SSSR count). The number of carbonyl (C=O) groups excluding carboxylic acids is 2. The summed E-state index contributed by atoms with van der Waals surface area (Å²) >= 11 is 0. The van der Waals surface area contributed by atoms with Gasteiger partial charge in [0.2, 0.25) is 11.8 Å². The number of benzene rings is 4. The molecule has 0 aromatic heterocycles. The number of amides is 2. The van der Waals surface area contributed by atoms with E-state index < -0.39 is 28.5 Å². The lowest BCUT2D eigenvalue weighted by molar-refractivity contribution is -0.140. The summed E-state index contributed by atoms with van der Waals surface area (Å²) in [7, 11) is -4.12. The van der Waals surface area contributed by atoms with Gasteiger partial charge in [0.1, 0.15) is 12.6 Å². The van der Waals surface area contributed by atoms with Crippen LogP contribution in [0.15, 0.2) is 114 Å². The lowest BCUT2D eigenvalue weighted by Gasteiger charge is -2.34. The second kappa shape index (κ2) is 14.6. The molecule has 0 fully saturated rings. The Morgan fingerprint density at radius 2 is 1.30 bits per heavy atom. The Morgan fingerprint density at radius 1 is 0.767 bits per heavy atom. The van der Waals surface area contributed by atoms with E-state index in [4.69, 9.17) is 0 Å². The number of nitrogens with zero attached hydrogens (tertiary/aromatic N) is 2. The van der Waals surface area contributed by atoms with Crippen LogP contribution in [0.1, 0.15) is 35.6 Å². The standard InChI is InChI=1S/C35H39N3O4S/c1-4-20-36-35(40)33(24-29-14-8-5-9-15-29)37(25-30-16-10-6-11-17-30)34(39)26-38(31-22-27(2)21-28(3)23-31)43(41,42)32-18-12-7-13-19-32/h5-19,21-23,33H,4,20,24-26H2,1-3H3,(H,36,40)/t33-/m0/s1. The molecule has 0 saturated heterocycles. The molecular formula is C35H39N3O4S. The maximum absolute atomic E-state index is 14.4. The molecule has 4 aromatic rings. The van der Waals surface area contributed by atoms with Crippen LogP contribution < -0.4 is 9.62 Å². The van der Waals surface area contributed by atoms with Gasteiger partial charge in [-0.3, -0.25) is 13.9 Å².